The lowest BCUT2D eigenvalue weighted by atomic mass is 9.96. The van der Waals surface area contributed by atoms with Gasteiger partial charge in [-0.2, -0.15) is 0 Å². The molecule has 1 saturated heterocycles. The van der Waals surface area contributed by atoms with Crippen LogP contribution in [-0.2, 0) is 0 Å². The summed E-state index contributed by atoms with van der Waals surface area (Å²) in [5.41, 5.74) is 6.92. The molecule has 1 heterocycles. The highest BCUT2D eigenvalue weighted by atomic mass is 15.1. The van der Waals surface area contributed by atoms with E-state index < -0.39 is 0 Å². The van der Waals surface area contributed by atoms with Gasteiger partial charge in [0.05, 0.1) is 0 Å². The zero-order valence-electron chi connectivity index (χ0n) is 11.4. The molecule has 0 amide bonds. The smallest absolute Gasteiger partial charge is 0.0363 e. The van der Waals surface area contributed by atoms with Crippen molar-refractivity contribution in [3.63, 3.8) is 0 Å². The number of piperidine rings is 1. The van der Waals surface area contributed by atoms with Crippen LogP contribution in [0.15, 0.2) is 30.3 Å². The Morgan fingerprint density at radius 3 is 2.50 bits per heavy atom. The van der Waals surface area contributed by atoms with Crippen molar-refractivity contribution in [1.82, 2.24) is 4.90 Å². The molecule has 2 rings (SSSR count). The van der Waals surface area contributed by atoms with Gasteiger partial charge in [-0.15, -0.1) is 0 Å². The standard InChI is InChI=1S/C15H25N3/c1-17(15-5-3-2-4-6-15)13-14-7-10-18(11-8-14)12-9-16/h2-6,14H,7-13,16H2,1H3. The monoisotopic (exact) mass is 247 g/mol. The van der Waals surface area contributed by atoms with Crippen LogP contribution in [0.4, 0.5) is 5.69 Å². The average molecular weight is 247 g/mol. The van der Waals surface area contributed by atoms with Crippen LogP contribution in [0.5, 0.6) is 0 Å². The summed E-state index contributed by atoms with van der Waals surface area (Å²) in [5.74, 6) is 0.823. The molecule has 0 atom stereocenters. The number of hydrogen-bond donors (Lipinski definition) is 1. The molecule has 0 aromatic heterocycles. The molecule has 1 aromatic rings. The molecule has 1 aliphatic heterocycles. The highest BCUT2D eigenvalue weighted by Gasteiger charge is 2.19. The third kappa shape index (κ3) is 3.72. The topological polar surface area (TPSA) is 32.5 Å². The number of likely N-dealkylation sites (tertiary alicyclic amines) is 1. The Kier molecular flexibility index (Phi) is 5.02. The molecule has 1 aliphatic rings. The summed E-state index contributed by atoms with van der Waals surface area (Å²) >= 11 is 0. The molecule has 100 valence electrons. The zero-order chi connectivity index (χ0) is 12.8. The fourth-order valence-electron chi connectivity index (χ4n) is 2.75. The Labute approximate surface area is 111 Å². The van der Waals surface area contributed by atoms with Gasteiger partial charge in [-0.05, 0) is 44.0 Å². The second-order valence-corrected chi connectivity index (χ2v) is 5.29. The minimum atomic E-state index is 0.786. The Bertz CT molecular complexity index is 331. The lowest BCUT2D eigenvalue weighted by molar-refractivity contribution is 0.191. The van der Waals surface area contributed by atoms with E-state index in [1.165, 1.54) is 38.2 Å². The molecule has 0 saturated carbocycles. The van der Waals surface area contributed by atoms with E-state index in [9.17, 15) is 0 Å². The molecule has 0 radical (unpaired) electrons. The van der Waals surface area contributed by atoms with E-state index in [1.807, 2.05) is 0 Å². The Hall–Kier alpha value is -1.06. The third-order valence-electron chi connectivity index (χ3n) is 3.88. The lowest BCUT2D eigenvalue weighted by Gasteiger charge is -2.34. The maximum absolute atomic E-state index is 5.60. The van der Waals surface area contributed by atoms with Crippen LogP contribution in [0.3, 0.4) is 0 Å². The van der Waals surface area contributed by atoms with Crippen LogP contribution in [0.25, 0.3) is 0 Å². The Morgan fingerprint density at radius 1 is 1.22 bits per heavy atom. The first-order valence-corrected chi connectivity index (χ1v) is 6.98. The maximum atomic E-state index is 5.60. The van der Waals surface area contributed by atoms with Crippen LogP contribution in [-0.4, -0.2) is 44.7 Å². The first-order chi connectivity index (χ1) is 8.79. The summed E-state index contributed by atoms with van der Waals surface area (Å²) in [6.07, 6.45) is 2.61. The Morgan fingerprint density at radius 2 is 1.89 bits per heavy atom. The largest absolute Gasteiger partial charge is 0.374 e. The molecule has 1 aromatic carbocycles. The van der Waals surface area contributed by atoms with E-state index in [0.717, 1.165) is 19.0 Å². The molecule has 0 bridgehead atoms. The molecular weight excluding hydrogens is 222 g/mol. The number of nitrogens with two attached hydrogens (primary N) is 1. The van der Waals surface area contributed by atoms with Crippen molar-refractivity contribution in [2.24, 2.45) is 11.7 Å². The lowest BCUT2D eigenvalue weighted by Crippen LogP contribution is -2.39. The average Bonchev–Trinajstić information content (AvgIpc) is 2.42. The second-order valence-electron chi connectivity index (χ2n) is 5.29. The van der Waals surface area contributed by atoms with Crippen molar-refractivity contribution in [2.45, 2.75) is 12.8 Å². The predicted molar refractivity (Wildman–Crippen MR) is 77.9 cm³/mol. The fraction of sp³-hybridized carbons (Fsp3) is 0.600. The van der Waals surface area contributed by atoms with Gasteiger partial charge in [-0.1, -0.05) is 18.2 Å². The molecule has 0 spiro atoms. The van der Waals surface area contributed by atoms with Crippen LogP contribution >= 0.6 is 0 Å². The molecule has 3 heteroatoms. The molecule has 0 aliphatic carbocycles. The number of benzene rings is 1. The SMILES string of the molecule is CN(CC1CCN(CCN)CC1)c1ccccc1. The Balaban J connectivity index is 1.78. The molecule has 0 unspecified atom stereocenters. The fourth-order valence-corrected chi connectivity index (χ4v) is 2.75. The van der Waals surface area contributed by atoms with E-state index in [0.29, 0.717) is 0 Å². The van der Waals surface area contributed by atoms with Crippen LogP contribution in [0, 0.1) is 5.92 Å². The molecule has 3 nitrogen and oxygen atoms in total. The van der Waals surface area contributed by atoms with E-state index in [2.05, 4.69) is 47.2 Å². The van der Waals surface area contributed by atoms with Crippen LogP contribution in [0.1, 0.15) is 12.8 Å². The minimum Gasteiger partial charge on any atom is -0.374 e. The van der Waals surface area contributed by atoms with Gasteiger partial charge in [-0.3, -0.25) is 0 Å². The number of nitrogens with zero attached hydrogens (tertiary/aromatic N) is 2. The third-order valence-corrected chi connectivity index (χ3v) is 3.88. The van der Waals surface area contributed by atoms with Crippen molar-refractivity contribution in [1.29, 1.82) is 0 Å². The van der Waals surface area contributed by atoms with Crippen molar-refractivity contribution >= 4 is 5.69 Å². The van der Waals surface area contributed by atoms with E-state index >= 15 is 0 Å². The van der Waals surface area contributed by atoms with Gasteiger partial charge in [-0.25, -0.2) is 0 Å². The number of anilines is 1. The number of para-hydroxylation sites is 1. The summed E-state index contributed by atoms with van der Waals surface area (Å²) in [6, 6.07) is 10.7. The van der Waals surface area contributed by atoms with Gasteiger partial charge >= 0.3 is 0 Å². The normalized spacial score (nSPS) is 17.9. The second kappa shape index (κ2) is 6.76. The van der Waals surface area contributed by atoms with E-state index in [-0.39, 0.29) is 0 Å². The number of hydrogen-bond acceptors (Lipinski definition) is 3. The van der Waals surface area contributed by atoms with E-state index in [4.69, 9.17) is 5.73 Å². The number of rotatable bonds is 5. The molecule has 18 heavy (non-hydrogen) atoms. The first kappa shape index (κ1) is 13.4. The summed E-state index contributed by atoms with van der Waals surface area (Å²) in [5, 5.41) is 0. The van der Waals surface area contributed by atoms with Crippen molar-refractivity contribution in [3.8, 4) is 0 Å². The minimum absolute atomic E-state index is 0.786. The zero-order valence-corrected chi connectivity index (χ0v) is 11.4. The summed E-state index contributed by atoms with van der Waals surface area (Å²) < 4.78 is 0. The van der Waals surface area contributed by atoms with Gasteiger partial charge in [0.15, 0.2) is 0 Å². The maximum Gasteiger partial charge on any atom is 0.0363 e. The van der Waals surface area contributed by atoms with Gasteiger partial charge in [0, 0.05) is 32.4 Å². The molecular formula is C15H25N3. The predicted octanol–water partition coefficient (Wildman–Crippen LogP) is 1.79. The quantitative estimate of drug-likeness (QED) is 0.861. The highest BCUT2D eigenvalue weighted by Crippen LogP contribution is 2.20. The first-order valence-electron chi connectivity index (χ1n) is 6.98. The van der Waals surface area contributed by atoms with Gasteiger partial charge in [0.25, 0.3) is 0 Å². The summed E-state index contributed by atoms with van der Waals surface area (Å²) in [6.45, 7) is 5.44. The van der Waals surface area contributed by atoms with Gasteiger partial charge in [0.2, 0.25) is 0 Å². The van der Waals surface area contributed by atoms with Gasteiger partial charge in [0.1, 0.15) is 0 Å². The van der Waals surface area contributed by atoms with Crippen molar-refractivity contribution in [2.75, 3.05) is 44.7 Å². The summed E-state index contributed by atoms with van der Waals surface area (Å²) in [4.78, 5) is 4.86. The van der Waals surface area contributed by atoms with Crippen LogP contribution < -0.4 is 10.6 Å². The summed E-state index contributed by atoms with van der Waals surface area (Å²) in [7, 11) is 2.20. The molecule has 1 fully saturated rings. The van der Waals surface area contributed by atoms with E-state index in [1.54, 1.807) is 0 Å². The van der Waals surface area contributed by atoms with Crippen molar-refractivity contribution < 1.29 is 0 Å². The highest BCUT2D eigenvalue weighted by molar-refractivity contribution is 5.44. The van der Waals surface area contributed by atoms with Crippen LogP contribution in [0.2, 0.25) is 0 Å². The molecule has 2 N–H and O–H groups in total. The van der Waals surface area contributed by atoms with Gasteiger partial charge < -0.3 is 15.5 Å². The van der Waals surface area contributed by atoms with Crippen molar-refractivity contribution in [3.05, 3.63) is 30.3 Å².